The van der Waals surface area contributed by atoms with Crippen LogP contribution >= 0.6 is 0 Å². The minimum atomic E-state index is -0.0404. The van der Waals surface area contributed by atoms with Gasteiger partial charge in [-0.1, -0.05) is 26.7 Å². The van der Waals surface area contributed by atoms with Crippen molar-refractivity contribution in [2.45, 2.75) is 76.8 Å². The summed E-state index contributed by atoms with van der Waals surface area (Å²) in [7, 11) is 1.88. The van der Waals surface area contributed by atoms with Gasteiger partial charge in [0, 0.05) is 25.0 Å². The summed E-state index contributed by atoms with van der Waals surface area (Å²) in [5.74, 6) is 0.865. The molecule has 2 aliphatic carbocycles. The molecule has 25 heavy (non-hydrogen) atoms. The number of likely N-dealkylation sites (N-methyl/N-ethyl adjacent to an activating group) is 1. The topological polar surface area (TPSA) is 67.9 Å². The molecule has 2 saturated carbocycles. The Bertz CT molecular complexity index is 550. The lowest BCUT2D eigenvalue weighted by molar-refractivity contribution is -0.133. The van der Waals surface area contributed by atoms with Gasteiger partial charge in [0.05, 0.1) is 6.17 Å². The van der Waals surface area contributed by atoms with Crippen molar-refractivity contribution in [1.29, 1.82) is 0 Å². The van der Waals surface area contributed by atoms with Crippen LogP contribution in [0.3, 0.4) is 0 Å². The lowest BCUT2D eigenvalue weighted by Crippen LogP contribution is -2.67. The highest BCUT2D eigenvalue weighted by Gasteiger charge is 2.52. The fourth-order valence-corrected chi connectivity index (χ4v) is 4.64. The molecule has 4 aliphatic rings. The first-order valence-corrected chi connectivity index (χ1v) is 9.85. The maximum Gasteiger partial charge on any atom is 0.336 e. The second-order valence-corrected chi connectivity index (χ2v) is 8.49. The van der Waals surface area contributed by atoms with E-state index in [4.69, 9.17) is 0 Å². The van der Waals surface area contributed by atoms with Crippen LogP contribution in [0.15, 0.2) is 0 Å². The highest BCUT2D eigenvalue weighted by Crippen LogP contribution is 2.38. The third-order valence-electron chi connectivity index (χ3n) is 6.41. The Labute approximate surface area is 150 Å². The molecule has 0 aromatic rings. The van der Waals surface area contributed by atoms with E-state index in [0.717, 1.165) is 32.1 Å². The predicted octanol–water partition coefficient (Wildman–Crippen LogP) is 1.32. The Balaban J connectivity index is 1.54. The number of carbonyl (C=O) groups is 2. The Morgan fingerprint density at radius 2 is 1.96 bits per heavy atom. The van der Waals surface area contributed by atoms with Gasteiger partial charge in [0.25, 0.3) is 0 Å². The van der Waals surface area contributed by atoms with Gasteiger partial charge in [-0.15, -0.1) is 0 Å². The lowest BCUT2D eigenvalue weighted by Gasteiger charge is -2.49. The quantitative estimate of drug-likeness (QED) is 0.803. The van der Waals surface area contributed by atoms with E-state index in [0.29, 0.717) is 17.9 Å². The normalized spacial score (nSPS) is 35.0. The Hall–Kier alpha value is -1.34. The standard InChI is InChI=1S/C18H31N5O2/c1-11(2)16-19-17-13-6-4-5-7-14(13)22(18(25)23(17)20-16)10-15(24)21(3)12-8-9-12/h11-14,16-17,19-20H,4-10H2,1-3H3. The Kier molecular flexibility index (Phi) is 4.40. The van der Waals surface area contributed by atoms with Crippen LogP contribution in [0, 0.1) is 11.8 Å². The minimum Gasteiger partial charge on any atom is -0.341 e. The van der Waals surface area contributed by atoms with Crippen molar-refractivity contribution in [3.8, 4) is 0 Å². The minimum absolute atomic E-state index is 0.0404. The number of hydrogen-bond donors (Lipinski definition) is 2. The average molecular weight is 349 g/mol. The van der Waals surface area contributed by atoms with Gasteiger partial charge < -0.3 is 9.80 Å². The summed E-state index contributed by atoms with van der Waals surface area (Å²) >= 11 is 0. The summed E-state index contributed by atoms with van der Waals surface area (Å²) in [6.07, 6.45) is 6.83. The van der Waals surface area contributed by atoms with Crippen molar-refractivity contribution in [2.24, 2.45) is 11.8 Å². The predicted molar refractivity (Wildman–Crippen MR) is 94.2 cm³/mol. The van der Waals surface area contributed by atoms with E-state index >= 15 is 0 Å². The van der Waals surface area contributed by atoms with Crippen LogP contribution in [0.1, 0.15) is 52.4 Å². The third kappa shape index (κ3) is 3.01. The first kappa shape index (κ1) is 17.1. The lowest BCUT2D eigenvalue weighted by atomic mass is 9.80. The van der Waals surface area contributed by atoms with E-state index in [2.05, 4.69) is 24.6 Å². The number of rotatable bonds is 4. The van der Waals surface area contributed by atoms with Gasteiger partial charge in [-0.05, 0) is 31.6 Å². The monoisotopic (exact) mass is 349 g/mol. The maximum absolute atomic E-state index is 13.2. The Morgan fingerprint density at radius 1 is 1.24 bits per heavy atom. The van der Waals surface area contributed by atoms with Crippen molar-refractivity contribution >= 4 is 11.9 Å². The molecule has 0 aromatic carbocycles. The highest BCUT2D eigenvalue weighted by molar-refractivity contribution is 5.85. The summed E-state index contributed by atoms with van der Waals surface area (Å²) in [6, 6.07) is 0.528. The molecule has 0 aromatic heterocycles. The molecule has 4 fully saturated rings. The van der Waals surface area contributed by atoms with Gasteiger partial charge in [0.15, 0.2) is 0 Å². The number of nitrogens with one attached hydrogen (secondary N) is 2. The van der Waals surface area contributed by atoms with Gasteiger partial charge in [0.1, 0.15) is 12.7 Å². The van der Waals surface area contributed by atoms with Gasteiger partial charge >= 0.3 is 6.03 Å². The number of nitrogens with zero attached hydrogens (tertiary/aromatic N) is 3. The third-order valence-corrected chi connectivity index (χ3v) is 6.41. The average Bonchev–Trinajstić information content (AvgIpc) is 3.35. The van der Waals surface area contributed by atoms with Crippen LogP contribution in [0.25, 0.3) is 0 Å². The number of amides is 3. The first-order valence-electron chi connectivity index (χ1n) is 9.85. The van der Waals surface area contributed by atoms with Gasteiger partial charge in [-0.3, -0.25) is 10.1 Å². The second-order valence-electron chi connectivity index (χ2n) is 8.49. The highest BCUT2D eigenvalue weighted by atomic mass is 16.2. The van der Waals surface area contributed by atoms with E-state index in [1.807, 2.05) is 16.8 Å². The van der Waals surface area contributed by atoms with Gasteiger partial charge in [0.2, 0.25) is 5.91 Å². The van der Waals surface area contributed by atoms with Crippen LogP contribution in [-0.2, 0) is 4.79 Å². The Morgan fingerprint density at radius 3 is 2.64 bits per heavy atom. The zero-order chi connectivity index (χ0) is 17.7. The first-order chi connectivity index (χ1) is 12.0. The van der Waals surface area contributed by atoms with E-state index in [9.17, 15) is 9.59 Å². The summed E-state index contributed by atoms with van der Waals surface area (Å²) in [5, 5.41) is 5.38. The molecule has 4 atom stereocenters. The van der Waals surface area contributed by atoms with Crippen molar-refractivity contribution in [2.75, 3.05) is 13.6 Å². The largest absolute Gasteiger partial charge is 0.341 e. The zero-order valence-electron chi connectivity index (χ0n) is 15.6. The fourth-order valence-electron chi connectivity index (χ4n) is 4.64. The maximum atomic E-state index is 13.2. The molecule has 0 bridgehead atoms. The molecule has 4 rings (SSSR count). The molecule has 0 radical (unpaired) electrons. The molecule has 7 heteroatoms. The van der Waals surface area contributed by atoms with Crippen LogP contribution in [0.5, 0.6) is 0 Å². The van der Waals surface area contributed by atoms with Gasteiger partial charge in [-0.2, -0.15) is 0 Å². The summed E-state index contributed by atoms with van der Waals surface area (Å²) < 4.78 is 0. The van der Waals surface area contributed by atoms with E-state index in [1.165, 1.54) is 6.42 Å². The molecule has 2 N–H and O–H groups in total. The summed E-state index contributed by atoms with van der Waals surface area (Å²) in [5.41, 5.74) is 3.35. The molecule has 4 unspecified atom stereocenters. The second kappa shape index (κ2) is 6.43. The molecular formula is C18H31N5O2. The SMILES string of the molecule is CC(C)C1NC2C3CCCCC3N(CC(=O)N(C)C3CC3)C(=O)N2N1. The van der Waals surface area contributed by atoms with Crippen molar-refractivity contribution in [1.82, 2.24) is 25.6 Å². The molecule has 3 amide bonds. The van der Waals surface area contributed by atoms with Crippen LogP contribution in [-0.4, -0.2) is 64.8 Å². The number of hydrazine groups is 1. The summed E-state index contributed by atoms with van der Waals surface area (Å²) in [4.78, 5) is 29.5. The molecule has 140 valence electrons. The number of urea groups is 1. The molecule has 2 saturated heterocycles. The smallest absolute Gasteiger partial charge is 0.336 e. The molecule has 7 nitrogen and oxygen atoms in total. The molecular weight excluding hydrogens is 318 g/mol. The summed E-state index contributed by atoms with van der Waals surface area (Å²) in [6.45, 7) is 4.51. The van der Waals surface area contributed by atoms with Crippen molar-refractivity contribution < 1.29 is 9.59 Å². The van der Waals surface area contributed by atoms with Crippen LogP contribution in [0.2, 0.25) is 0 Å². The number of fused-ring (bicyclic) bond motifs is 3. The van der Waals surface area contributed by atoms with E-state index in [1.54, 1.807) is 5.01 Å². The van der Waals surface area contributed by atoms with Gasteiger partial charge in [-0.25, -0.2) is 15.2 Å². The van der Waals surface area contributed by atoms with Crippen LogP contribution in [0.4, 0.5) is 4.79 Å². The zero-order valence-corrected chi connectivity index (χ0v) is 15.6. The molecule has 2 aliphatic heterocycles. The van der Waals surface area contributed by atoms with Crippen molar-refractivity contribution in [3.63, 3.8) is 0 Å². The van der Waals surface area contributed by atoms with E-state index < -0.39 is 0 Å². The van der Waals surface area contributed by atoms with Crippen LogP contribution < -0.4 is 10.7 Å². The number of carbonyl (C=O) groups excluding carboxylic acids is 2. The molecule has 2 heterocycles. The molecule has 0 spiro atoms. The van der Waals surface area contributed by atoms with E-state index in [-0.39, 0.29) is 36.9 Å². The fraction of sp³-hybridized carbons (Fsp3) is 0.889. The number of hydrogen-bond acceptors (Lipinski definition) is 4. The van der Waals surface area contributed by atoms with Crippen molar-refractivity contribution in [3.05, 3.63) is 0 Å².